The van der Waals surface area contributed by atoms with E-state index in [-0.39, 0.29) is 23.6 Å². The molecule has 7 heteroatoms. The molecule has 3 rings (SSSR count). The van der Waals surface area contributed by atoms with Gasteiger partial charge in [-0.1, -0.05) is 18.2 Å². The lowest BCUT2D eigenvalue weighted by molar-refractivity contribution is -0.116. The summed E-state index contributed by atoms with van der Waals surface area (Å²) in [6, 6.07) is 11.0. The van der Waals surface area contributed by atoms with Gasteiger partial charge in [0.2, 0.25) is 5.88 Å². The average Bonchev–Trinajstić information content (AvgIpc) is 2.72. The van der Waals surface area contributed by atoms with E-state index in [1.165, 1.54) is 16.6 Å². The Kier molecular flexibility index (Phi) is 6.32. The molecule has 2 aromatic heterocycles. The summed E-state index contributed by atoms with van der Waals surface area (Å²) >= 11 is 0. The number of fused-ring (bicyclic) bond motifs is 1. The van der Waals surface area contributed by atoms with Crippen molar-refractivity contribution >= 4 is 17.6 Å². The molecule has 0 unspecified atom stereocenters. The molecule has 1 aromatic carbocycles. The number of nitrogens with one attached hydrogen (secondary N) is 1. The fourth-order valence-electron chi connectivity index (χ4n) is 3.15. The number of hydrogen-bond acceptors (Lipinski definition) is 5. The fraction of sp³-hybridized carbons (Fsp3) is 0.167. The quantitative estimate of drug-likeness (QED) is 0.377. The van der Waals surface area contributed by atoms with Gasteiger partial charge >= 0.3 is 0 Å². The third kappa shape index (κ3) is 4.70. The van der Waals surface area contributed by atoms with Gasteiger partial charge in [0.1, 0.15) is 28.6 Å². The van der Waals surface area contributed by atoms with Gasteiger partial charge < -0.3 is 10.1 Å². The summed E-state index contributed by atoms with van der Waals surface area (Å²) in [6.07, 6.45) is 4.29. The number of hydrogen-bond donors (Lipinski definition) is 1. The van der Waals surface area contributed by atoms with Gasteiger partial charge in [0.05, 0.1) is 0 Å². The Balaban J connectivity index is 2.23. The number of pyridine rings is 1. The molecule has 0 saturated carbocycles. The van der Waals surface area contributed by atoms with Gasteiger partial charge in [-0.2, -0.15) is 10.2 Å². The first-order valence-electron chi connectivity index (χ1n) is 9.63. The van der Waals surface area contributed by atoms with Gasteiger partial charge in [-0.25, -0.2) is 0 Å². The van der Waals surface area contributed by atoms with E-state index in [0.29, 0.717) is 11.4 Å². The number of rotatable bonds is 6. The lowest BCUT2D eigenvalue weighted by Gasteiger charge is -2.12. The molecule has 1 amide bonds. The van der Waals surface area contributed by atoms with Crippen LogP contribution in [0.1, 0.15) is 22.3 Å². The number of nitrogens with zero attached hydrogens (tertiary/aromatic N) is 3. The first-order chi connectivity index (χ1) is 14.8. The highest BCUT2D eigenvalue weighted by Gasteiger charge is 2.18. The number of nitriles is 1. The minimum atomic E-state index is -0.617. The van der Waals surface area contributed by atoms with Crippen LogP contribution in [0, 0.1) is 32.1 Å². The molecule has 0 aliphatic rings. The predicted octanol–water partition coefficient (Wildman–Crippen LogP) is 3.62. The molecule has 31 heavy (non-hydrogen) atoms. The zero-order chi connectivity index (χ0) is 22.5. The van der Waals surface area contributed by atoms with Crippen molar-refractivity contribution in [1.82, 2.24) is 14.7 Å². The predicted molar refractivity (Wildman–Crippen MR) is 119 cm³/mol. The zero-order valence-electron chi connectivity index (χ0n) is 17.6. The first-order valence-corrected chi connectivity index (χ1v) is 9.63. The Morgan fingerprint density at radius 1 is 1.29 bits per heavy atom. The van der Waals surface area contributed by atoms with Gasteiger partial charge in [0, 0.05) is 12.7 Å². The highest BCUT2D eigenvalue weighted by molar-refractivity contribution is 6.02. The van der Waals surface area contributed by atoms with E-state index in [0.717, 1.165) is 16.7 Å². The van der Waals surface area contributed by atoms with Crippen LogP contribution in [0.5, 0.6) is 11.6 Å². The molecular formula is C24H22N4O3. The molecule has 0 spiro atoms. The second-order valence-electron chi connectivity index (χ2n) is 7.11. The van der Waals surface area contributed by atoms with Crippen LogP contribution in [0.25, 0.3) is 11.7 Å². The molecular weight excluding hydrogens is 392 g/mol. The molecule has 0 saturated heterocycles. The van der Waals surface area contributed by atoms with Crippen molar-refractivity contribution in [2.75, 3.05) is 6.54 Å². The van der Waals surface area contributed by atoms with Crippen LogP contribution >= 0.6 is 0 Å². The molecule has 0 radical (unpaired) electrons. The molecule has 0 bridgehead atoms. The fourth-order valence-corrected chi connectivity index (χ4v) is 3.15. The summed E-state index contributed by atoms with van der Waals surface area (Å²) in [5.41, 5.74) is 2.51. The molecule has 1 N–H and O–H groups in total. The van der Waals surface area contributed by atoms with Gasteiger partial charge in [0.15, 0.2) is 0 Å². The second kappa shape index (κ2) is 9.09. The summed E-state index contributed by atoms with van der Waals surface area (Å²) in [5, 5.41) is 12.0. The Hall–Kier alpha value is -4.18. The van der Waals surface area contributed by atoms with E-state index in [1.54, 1.807) is 12.3 Å². The van der Waals surface area contributed by atoms with E-state index >= 15 is 0 Å². The van der Waals surface area contributed by atoms with E-state index in [9.17, 15) is 14.9 Å². The van der Waals surface area contributed by atoms with Crippen LogP contribution in [-0.2, 0) is 4.79 Å². The van der Waals surface area contributed by atoms with Crippen LogP contribution < -0.4 is 15.6 Å². The van der Waals surface area contributed by atoms with Crippen molar-refractivity contribution in [3.8, 4) is 17.7 Å². The Bertz CT molecular complexity index is 1290. The Morgan fingerprint density at radius 2 is 2.00 bits per heavy atom. The summed E-state index contributed by atoms with van der Waals surface area (Å²) in [4.78, 5) is 30.1. The third-order valence-electron chi connectivity index (χ3n) is 4.52. The minimum Gasteiger partial charge on any atom is -0.438 e. The van der Waals surface area contributed by atoms with Gasteiger partial charge in [-0.3, -0.25) is 14.0 Å². The van der Waals surface area contributed by atoms with Gasteiger partial charge in [-0.15, -0.1) is 6.58 Å². The molecule has 3 aromatic rings. The van der Waals surface area contributed by atoms with E-state index in [2.05, 4.69) is 16.9 Å². The Labute approximate surface area is 179 Å². The SMILES string of the molecule is C=CCNC(=O)/C(C#N)=C\c1c(Oc2cc(C)cc(C)c2)nc2c(C)cccn2c1=O. The number of benzene rings is 1. The van der Waals surface area contributed by atoms with Gasteiger partial charge in [0.25, 0.3) is 11.5 Å². The van der Waals surface area contributed by atoms with Crippen molar-refractivity contribution in [2.45, 2.75) is 20.8 Å². The number of aromatic nitrogens is 2. The summed E-state index contributed by atoms with van der Waals surface area (Å²) < 4.78 is 7.36. The average molecular weight is 414 g/mol. The molecule has 156 valence electrons. The minimum absolute atomic E-state index is 0.00700. The van der Waals surface area contributed by atoms with E-state index in [1.807, 2.05) is 51.1 Å². The largest absolute Gasteiger partial charge is 0.438 e. The maximum Gasteiger partial charge on any atom is 0.269 e. The highest BCUT2D eigenvalue weighted by atomic mass is 16.5. The maximum atomic E-state index is 13.3. The standard InChI is InChI=1S/C24H22N4O3/c1-5-8-26-22(29)18(14-25)13-20-23(31-19-11-15(2)10-16(3)12-19)27-21-17(4)7-6-9-28(21)24(20)30/h5-7,9-13H,1,8H2,2-4H3,(H,26,29)/b18-13-. The Morgan fingerprint density at radius 3 is 2.65 bits per heavy atom. The summed E-state index contributed by atoms with van der Waals surface area (Å²) in [6.45, 7) is 9.43. The number of carbonyl (C=O) groups excluding carboxylic acids is 1. The van der Waals surface area contributed by atoms with Gasteiger partial charge in [-0.05, 0) is 61.7 Å². The number of carbonyl (C=O) groups is 1. The van der Waals surface area contributed by atoms with Crippen LogP contribution in [0.15, 0.2) is 59.6 Å². The summed E-state index contributed by atoms with van der Waals surface area (Å²) in [7, 11) is 0. The smallest absolute Gasteiger partial charge is 0.269 e. The number of ether oxygens (including phenoxy) is 1. The lowest BCUT2D eigenvalue weighted by atomic mass is 10.1. The topological polar surface area (TPSA) is 96.5 Å². The molecule has 0 aliphatic heterocycles. The van der Waals surface area contributed by atoms with Crippen LogP contribution in [-0.4, -0.2) is 21.8 Å². The molecule has 7 nitrogen and oxygen atoms in total. The van der Waals surface area contributed by atoms with Crippen molar-refractivity contribution in [2.24, 2.45) is 0 Å². The zero-order valence-corrected chi connectivity index (χ0v) is 17.6. The molecule has 0 aliphatic carbocycles. The number of amides is 1. The van der Waals surface area contributed by atoms with Crippen molar-refractivity contribution in [3.05, 3.63) is 87.4 Å². The van der Waals surface area contributed by atoms with Crippen LogP contribution in [0.2, 0.25) is 0 Å². The van der Waals surface area contributed by atoms with Crippen LogP contribution in [0.4, 0.5) is 0 Å². The van der Waals surface area contributed by atoms with Crippen molar-refractivity contribution in [1.29, 1.82) is 5.26 Å². The lowest BCUT2D eigenvalue weighted by Crippen LogP contribution is -2.25. The second-order valence-corrected chi connectivity index (χ2v) is 7.11. The highest BCUT2D eigenvalue weighted by Crippen LogP contribution is 2.26. The van der Waals surface area contributed by atoms with Crippen molar-refractivity contribution < 1.29 is 9.53 Å². The van der Waals surface area contributed by atoms with E-state index in [4.69, 9.17) is 4.74 Å². The van der Waals surface area contributed by atoms with Crippen LogP contribution in [0.3, 0.4) is 0 Å². The molecule has 0 atom stereocenters. The normalized spacial score (nSPS) is 11.1. The van der Waals surface area contributed by atoms with Crippen molar-refractivity contribution in [3.63, 3.8) is 0 Å². The molecule has 2 heterocycles. The van der Waals surface area contributed by atoms with E-state index < -0.39 is 11.5 Å². The monoisotopic (exact) mass is 414 g/mol. The molecule has 0 fully saturated rings. The maximum absolute atomic E-state index is 13.3. The number of aryl methyl sites for hydroxylation is 3. The summed E-state index contributed by atoms with van der Waals surface area (Å²) in [5.74, 6) is -0.0892. The third-order valence-corrected chi connectivity index (χ3v) is 4.52. The first kappa shape index (κ1) is 21.5.